The average Bonchev–Trinajstić information content (AvgIpc) is 2.44. The summed E-state index contributed by atoms with van der Waals surface area (Å²) in [5.74, 6) is 0. The number of rotatable bonds is 8. The first-order chi connectivity index (χ1) is 10.0. The van der Waals surface area contributed by atoms with Gasteiger partial charge >= 0.3 is 0 Å². The van der Waals surface area contributed by atoms with Crippen molar-refractivity contribution in [3.8, 4) is 0 Å². The molecule has 7 heteroatoms. The normalized spacial score (nSPS) is 38.4. The predicted octanol–water partition coefficient (Wildman–Crippen LogP) is -0.849. The van der Waals surface area contributed by atoms with E-state index in [1.54, 1.807) is 0 Å². The van der Waals surface area contributed by atoms with Crippen LogP contribution in [0.1, 0.15) is 32.6 Å². The molecule has 7 unspecified atom stereocenters. The highest BCUT2D eigenvalue weighted by molar-refractivity contribution is 4.95. The Morgan fingerprint density at radius 1 is 1.14 bits per heavy atom. The standard InChI is InChI=1S/C14H26O7/c1-2-3-4-8(15)9(16)5-6-19-14-12(18)11(17)13-10(21-14)7-20-13/h8-18H,2-7H2,1H3. The van der Waals surface area contributed by atoms with Gasteiger partial charge in [0, 0.05) is 0 Å². The molecule has 124 valence electrons. The maximum Gasteiger partial charge on any atom is 0.186 e. The van der Waals surface area contributed by atoms with Crippen molar-refractivity contribution in [3.63, 3.8) is 0 Å². The van der Waals surface area contributed by atoms with Crippen LogP contribution in [0.15, 0.2) is 0 Å². The van der Waals surface area contributed by atoms with Crippen LogP contribution < -0.4 is 0 Å². The molecule has 21 heavy (non-hydrogen) atoms. The summed E-state index contributed by atoms with van der Waals surface area (Å²) in [6.07, 6.45) is -2.86. The number of aliphatic hydroxyl groups excluding tert-OH is 4. The van der Waals surface area contributed by atoms with Gasteiger partial charge in [0.15, 0.2) is 6.29 Å². The molecule has 2 aliphatic rings. The molecule has 2 rings (SSSR count). The van der Waals surface area contributed by atoms with Crippen molar-refractivity contribution in [1.29, 1.82) is 0 Å². The fraction of sp³-hybridized carbons (Fsp3) is 1.00. The molecule has 4 N–H and O–H groups in total. The van der Waals surface area contributed by atoms with Crippen molar-refractivity contribution < 1.29 is 34.6 Å². The summed E-state index contributed by atoms with van der Waals surface area (Å²) in [4.78, 5) is 0. The molecular formula is C14H26O7. The maximum atomic E-state index is 9.86. The minimum Gasteiger partial charge on any atom is -0.390 e. The van der Waals surface area contributed by atoms with Gasteiger partial charge in [0.05, 0.1) is 25.4 Å². The lowest BCUT2D eigenvalue weighted by Crippen LogP contribution is -2.65. The zero-order chi connectivity index (χ0) is 15.4. The van der Waals surface area contributed by atoms with Gasteiger partial charge in [-0.05, 0) is 12.8 Å². The summed E-state index contributed by atoms with van der Waals surface area (Å²) in [6, 6.07) is 0. The van der Waals surface area contributed by atoms with Crippen molar-refractivity contribution in [2.24, 2.45) is 0 Å². The molecular weight excluding hydrogens is 280 g/mol. The van der Waals surface area contributed by atoms with Gasteiger partial charge in [-0.3, -0.25) is 0 Å². The van der Waals surface area contributed by atoms with Gasteiger partial charge in [-0.15, -0.1) is 0 Å². The monoisotopic (exact) mass is 306 g/mol. The summed E-state index contributed by atoms with van der Waals surface area (Å²) in [5.41, 5.74) is 0. The highest BCUT2D eigenvalue weighted by Gasteiger charge is 2.50. The van der Waals surface area contributed by atoms with Gasteiger partial charge in [-0.1, -0.05) is 19.8 Å². The Labute approximate surface area is 124 Å². The van der Waals surface area contributed by atoms with E-state index in [9.17, 15) is 20.4 Å². The Bertz CT molecular complexity index is 314. The highest BCUT2D eigenvalue weighted by atomic mass is 16.7. The van der Waals surface area contributed by atoms with E-state index in [1.165, 1.54) is 0 Å². The number of aliphatic hydroxyl groups is 4. The largest absolute Gasteiger partial charge is 0.390 e. The van der Waals surface area contributed by atoms with Crippen LogP contribution in [0.5, 0.6) is 0 Å². The van der Waals surface area contributed by atoms with E-state index in [0.717, 1.165) is 12.8 Å². The molecule has 7 atom stereocenters. The molecule has 0 bridgehead atoms. The van der Waals surface area contributed by atoms with Gasteiger partial charge in [0.25, 0.3) is 0 Å². The van der Waals surface area contributed by atoms with Crippen molar-refractivity contribution in [2.45, 2.75) is 75.5 Å². The summed E-state index contributed by atoms with van der Waals surface area (Å²) < 4.78 is 16.0. The first-order valence-corrected chi connectivity index (χ1v) is 7.65. The van der Waals surface area contributed by atoms with Crippen LogP contribution in [0.3, 0.4) is 0 Å². The van der Waals surface area contributed by atoms with Gasteiger partial charge in [-0.2, -0.15) is 0 Å². The zero-order valence-electron chi connectivity index (χ0n) is 12.3. The zero-order valence-corrected chi connectivity index (χ0v) is 12.3. The van der Waals surface area contributed by atoms with Crippen LogP contribution in [-0.4, -0.2) is 76.6 Å². The number of hydrogen-bond acceptors (Lipinski definition) is 7. The summed E-state index contributed by atoms with van der Waals surface area (Å²) >= 11 is 0. The van der Waals surface area contributed by atoms with Crippen molar-refractivity contribution in [3.05, 3.63) is 0 Å². The number of fused-ring (bicyclic) bond motifs is 1. The first kappa shape index (κ1) is 17.1. The molecule has 0 saturated carbocycles. The highest BCUT2D eigenvalue weighted by Crippen LogP contribution is 2.30. The fourth-order valence-electron chi connectivity index (χ4n) is 2.57. The van der Waals surface area contributed by atoms with Crippen LogP contribution in [0.2, 0.25) is 0 Å². The molecule has 2 saturated heterocycles. The van der Waals surface area contributed by atoms with Crippen LogP contribution in [-0.2, 0) is 14.2 Å². The SMILES string of the molecule is CCCCC(O)C(O)CCOC1OC2COC2C(O)C1O. The molecule has 2 heterocycles. The van der Waals surface area contributed by atoms with Gasteiger partial charge in [0.1, 0.15) is 24.4 Å². The van der Waals surface area contributed by atoms with Gasteiger partial charge in [-0.25, -0.2) is 0 Å². The number of unbranched alkanes of at least 4 members (excludes halogenated alkanes) is 1. The Kier molecular flexibility index (Phi) is 6.36. The summed E-state index contributed by atoms with van der Waals surface area (Å²) in [7, 11) is 0. The summed E-state index contributed by atoms with van der Waals surface area (Å²) in [5, 5.41) is 39.2. The van der Waals surface area contributed by atoms with Crippen molar-refractivity contribution in [2.75, 3.05) is 13.2 Å². The topological polar surface area (TPSA) is 109 Å². The molecule has 0 aliphatic carbocycles. The fourth-order valence-corrected chi connectivity index (χ4v) is 2.57. The smallest absolute Gasteiger partial charge is 0.186 e. The molecule has 0 aromatic carbocycles. The minimum absolute atomic E-state index is 0.136. The second-order valence-corrected chi connectivity index (χ2v) is 5.76. The van der Waals surface area contributed by atoms with Crippen LogP contribution in [0, 0.1) is 0 Å². The predicted molar refractivity (Wildman–Crippen MR) is 72.5 cm³/mol. The second kappa shape index (κ2) is 7.82. The maximum absolute atomic E-state index is 9.86. The number of hydrogen-bond donors (Lipinski definition) is 4. The van der Waals surface area contributed by atoms with E-state index in [0.29, 0.717) is 13.0 Å². The third-order valence-electron chi connectivity index (χ3n) is 4.09. The summed E-state index contributed by atoms with van der Waals surface area (Å²) in [6.45, 7) is 2.54. The lowest BCUT2D eigenvalue weighted by Gasteiger charge is -2.48. The molecule has 0 radical (unpaired) electrons. The Balaban J connectivity index is 1.68. The molecule has 2 fully saturated rings. The molecule has 0 aromatic heterocycles. The third-order valence-corrected chi connectivity index (χ3v) is 4.09. The Morgan fingerprint density at radius 3 is 2.48 bits per heavy atom. The molecule has 0 spiro atoms. The van der Waals surface area contributed by atoms with Crippen LogP contribution in [0.4, 0.5) is 0 Å². The molecule has 0 aromatic rings. The molecule has 2 aliphatic heterocycles. The van der Waals surface area contributed by atoms with E-state index >= 15 is 0 Å². The van der Waals surface area contributed by atoms with Crippen molar-refractivity contribution >= 4 is 0 Å². The average molecular weight is 306 g/mol. The minimum atomic E-state index is -1.17. The van der Waals surface area contributed by atoms with Crippen LogP contribution >= 0.6 is 0 Å². The van der Waals surface area contributed by atoms with Gasteiger partial charge < -0.3 is 34.6 Å². The molecule has 7 nitrogen and oxygen atoms in total. The first-order valence-electron chi connectivity index (χ1n) is 7.65. The Morgan fingerprint density at radius 2 is 1.86 bits per heavy atom. The number of ether oxygens (including phenoxy) is 3. The Hall–Kier alpha value is -0.280. The lowest BCUT2D eigenvalue weighted by molar-refractivity contribution is -0.350. The van der Waals surface area contributed by atoms with Crippen molar-refractivity contribution in [1.82, 2.24) is 0 Å². The van der Waals surface area contributed by atoms with Crippen LogP contribution in [0.25, 0.3) is 0 Å². The van der Waals surface area contributed by atoms with Gasteiger partial charge in [0.2, 0.25) is 0 Å². The van der Waals surface area contributed by atoms with E-state index in [-0.39, 0.29) is 19.1 Å². The lowest BCUT2D eigenvalue weighted by atomic mass is 9.95. The molecule has 0 amide bonds. The third kappa shape index (κ3) is 4.13. The van der Waals surface area contributed by atoms with E-state index in [1.807, 2.05) is 6.92 Å². The second-order valence-electron chi connectivity index (χ2n) is 5.76. The van der Waals surface area contributed by atoms with E-state index in [4.69, 9.17) is 14.2 Å². The van der Waals surface area contributed by atoms with E-state index in [2.05, 4.69) is 0 Å². The van der Waals surface area contributed by atoms with E-state index < -0.39 is 36.8 Å². The quantitative estimate of drug-likeness (QED) is 0.462.